The zero-order valence-electron chi connectivity index (χ0n) is 32.3. The fourth-order valence-corrected chi connectivity index (χ4v) is 6.43. The first-order chi connectivity index (χ1) is 22.8. The van der Waals surface area contributed by atoms with Gasteiger partial charge in [-0.2, -0.15) is 9.78 Å². The van der Waals surface area contributed by atoms with Crippen LogP contribution in [0.4, 0.5) is 0 Å². The van der Waals surface area contributed by atoms with Crippen molar-refractivity contribution in [3.8, 4) is 0 Å². The normalized spacial score (nSPS) is 15.8. The zero-order valence-corrected chi connectivity index (χ0v) is 32.3. The minimum Gasteiger partial charge on any atom is -0.393 e. The number of ether oxygens (including phenoxy) is 2. The number of hydrogen-bond donors (Lipinski definition) is 2. The second-order valence-corrected chi connectivity index (χ2v) is 14.9. The first kappa shape index (κ1) is 46.7. The van der Waals surface area contributed by atoms with E-state index >= 15 is 0 Å². The maximum absolute atomic E-state index is 10.1. The fourth-order valence-electron chi connectivity index (χ4n) is 6.43. The molecule has 0 saturated heterocycles. The lowest BCUT2D eigenvalue weighted by Crippen LogP contribution is -2.41. The number of rotatable bonds is 38. The van der Waals surface area contributed by atoms with Gasteiger partial charge in [-0.25, -0.2) is 0 Å². The Kier molecular flexibility index (Phi) is 32.7. The molecule has 0 heterocycles. The third kappa shape index (κ3) is 28.1. The summed E-state index contributed by atoms with van der Waals surface area (Å²) >= 11 is 0. The van der Waals surface area contributed by atoms with Crippen LogP contribution in [0.2, 0.25) is 0 Å². The Labute approximate surface area is 292 Å². The van der Waals surface area contributed by atoms with Gasteiger partial charge in [-0.15, -0.1) is 0 Å². The molecule has 4 atom stereocenters. The molecule has 0 fully saturated rings. The van der Waals surface area contributed by atoms with Crippen molar-refractivity contribution in [2.24, 2.45) is 0 Å². The van der Waals surface area contributed by atoms with Crippen LogP contribution >= 0.6 is 0 Å². The SMILES string of the molecule is CCCCCCCCCCCCCCC(CC(C)(CO)OOOC(C)(CO)CC(CCCCCCCCCCCCCC)OC)OC. The van der Waals surface area contributed by atoms with Crippen LogP contribution in [0.5, 0.6) is 0 Å². The molecule has 0 aliphatic rings. The van der Waals surface area contributed by atoms with Crippen LogP contribution in [-0.4, -0.2) is 61.1 Å². The fraction of sp³-hybridized carbons (Fsp3) is 1.00. The first-order valence-electron chi connectivity index (χ1n) is 20.1. The van der Waals surface area contributed by atoms with Gasteiger partial charge in [0.2, 0.25) is 0 Å². The monoisotopic (exact) mass is 675 g/mol. The lowest BCUT2D eigenvalue weighted by atomic mass is 9.95. The summed E-state index contributed by atoms with van der Waals surface area (Å²) < 4.78 is 11.5. The topological polar surface area (TPSA) is 86.6 Å². The van der Waals surface area contributed by atoms with Gasteiger partial charge in [0.1, 0.15) is 11.2 Å². The Hall–Kier alpha value is -0.280. The molecule has 0 rings (SSSR count). The number of methoxy groups -OCH3 is 2. The van der Waals surface area contributed by atoms with Crippen LogP contribution < -0.4 is 0 Å². The van der Waals surface area contributed by atoms with Crippen molar-refractivity contribution < 1.29 is 34.5 Å². The van der Waals surface area contributed by atoms with E-state index in [1.165, 1.54) is 141 Å². The quantitative estimate of drug-likeness (QED) is 0.0383. The van der Waals surface area contributed by atoms with Gasteiger partial charge in [-0.05, 0) is 26.7 Å². The summed E-state index contributed by atoms with van der Waals surface area (Å²) in [6.45, 7) is 7.67. The number of hydrogen-bond acceptors (Lipinski definition) is 7. The number of unbranched alkanes of at least 4 members (excludes halogenated alkanes) is 22. The lowest BCUT2D eigenvalue weighted by Gasteiger charge is -2.32. The molecular formula is C40H82O7. The standard InChI is InChI=1S/C40H82O7/c1-7-9-11-13-15-17-19-21-23-25-27-29-31-37(43-5)33-39(3,35-41)45-47-46-40(4,36-42)34-38(44-6)32-30-28-26-24-22-20-18-16-14-12-10-8-2/h37-38,41-42H,7-36H2,1-6H3. The van der Waals surface area contributed by atoms with Crippen LogP contribution in [0.1, 0.15) is 207 Å². The molecule has 0 bridgehead atoms. The lowest BCUT2D eigenvalue weighted by molar-refractivity contribution is -0.572. The Morgan fingerprint density at radius 3 is 0.915 bits per heavy atom. The minimum atomic E-state index is -0.982. The van der Waals surface area contributed by atoms with Gasteiger partial charge in [-0.3, -0.25) is 0 Å². The van der Waals surface area contributed by atoms with Gasteiger partial charge >= 0.3 is 0 Å². The maximum atomic E-state index is 10.1. The van der Waals surface area contributed by atoms with Gasteiger partial charge in [0.25, 0.3) is 0 Å². The predicted molar refractivity (Wildman–Crippen MR) is 196 cm³/mol. The largest absolute Gasteiger partial charge is 0.393 e. The first-order valence-corrected chi connectivity index (χ1v) is 20.1. The Bertz CT molecular complexity index is 584. The highest BCUT2D eigenvalue weighted by Gasteiger charge is 2.34. The van der Waals surface area contributed by atoms with E-state index in [1.54, 1.807) is 28.1 Å². The third-order valence-corrected chi connectivity index (χ3v) is 9.88. The number of aliphatic hydroxyl groups is 2. The smallest absolute Gasteiger partial charge is 0.129 e. The summed E-state index contributed by atoms with van der Waals surface area (Å²) in [5.41, 5.74) is -1.96. The van der Waals surface area contributed by atoms with Gasteiger partial charge in [-0.1, -0.05) is 173 Å². The van der Waals surface area contributed by atoms with Crippen molar-refractivity contribution in [3.63, 3.8) is 0 Å². The van der Waals surface area contributed by atoms with E-state index in [9.17, 15) is 10.2 Å². The Balaban J connectivity index is 4.23. The Morgan fingerprint density at radius 2 is 0.681 bits per heavy atom. The average Bonchev–Trinajstić information content (AvgIpc) is 3.08. The molecule has 0 aromatic rings. The Morgan fingerprint density at radius 1 is 0.426 bits per heavy atom. The zero-order chi connectivity index (χ0) is 34.9. The van der Waals surface area contributed by atoms with Crippen LogP contribution in [0.3, 0.4) is 0 Å². The molecule has 0 amide bonds. The molecular weight excluding hydrogens is 592 g/mol. The van der Waals surface area contributed by atoms with Gasteiger partial charge in [0.15, 0.2) is 0 Å². The number of aliphatic hydroxyl groups excluding tert-OH is 2. The summed E-state index contributed by atoms with van der Waals surface area (Å²) in [5.74, 6) is 0. The predicted octanol–water partition coefficient (Wildman–Crippen LogP) is 11.4. The van der Waals surface area contributed by atoms with Gasteiger partial charge in [0, 0.05) is 27.1 Å². The van der Waals surface area contributed by atoms with Crippen LogP contribution in [0.25, 0.3) is 0 Å². The molecule has 0 aliphatic heterocycles. The molecule has 0 radical (unpaired) electrons. The van der Waals surface area contributed by atoms with Crippen molar-refractivity contribution in [1.82, 2.24) is 0 Å². The molecule has 7 nitrogen and oxygen atoms in total. The maximum Gasteiger partial charge on any atom is 0.129 e. The highest BCUT2D eigenvalue weighted by atomic mass is 17.5. The summed E-state index contributed by atoms with van der Waals surface area (Å²) in [5, 5.41) is 25.5. The van der Waals surface area contributed by atoms with Crippen molar-refractivity contribution in [2.45, 2.75) is 231 Å². The molecule has 0 aromatic carbocycles. The molecule has 0 spiro atoms. The van der Waals surface area contributed by atoms with E-state index in [0.717, 1.165) is 25.7 Å². The van der Waals surface area contributed by atoms with Crippen molar-refractivity contribution >= 4 is 0 Å². The van der Waals surface area contributed by atoms with E-state index in [2.05, 4.69) is 13.8 Å². The molecule has 2 N–H and O–H groups in total. The highest BCUT2D eigenvalue weighted by molar-refractivity contribution is 4.79. The molecule has 0 saturated carbocycles. The van der Waals surface area contributed by atoms with Crippen molar-refractivity contribution in [2.75, 3.05) is 27.4 Å². The van der Waals surface area contributed by atoms with Crippen LogP contribution in [0, 0.1) is 0 Å². The van der Waals surface area contributed by atoms with E-state index in [4.69, 9.17) is 24.3 Å². The highest BCUT2D eigenvalue weighted by Crippen LogP contribution is 2.27. The third-order valence-electron chi connectivity index (χ3n) is 9.88. The minimum absolute atomic E-state index is 0.0449. The second-order valence-electron chi connectivity index (χ2n) is 14.9. The summed E-state index contributed by atoms with van der Waals surface area (Å²) in [7, 11) is 3.43. The van der Waals surface area contributed by atoms with Crippen LogP contribution in [0.15, 0.2) is 0 Å². The van der Waals surface area contributed by atoms with Crippen molar-refractivity contribution in [1.29, 1.82) is 0 Å². The molecule has 0 aromatic heterocycles. The molecule has 284 valence electrons. The van der Waals surface area contributed by atoms with E-state index < -0.39 is 11.2 Å². The van der Waals surface area contributed by atoms with Crippen LogP contribution in [-0.2, 0) is 24.3 Å². The summed E-state index contributed by atoms with van der Waals surface area (Å²) in [6.07, 6.45) is 34.3. The molecule has 47 heavy (non-hydrogen) atoms. The van der Waals surface area contributed by atoms with Gasteiger partial charge < -0.3 is 19.7 Å². The average molecular weight is 675 g/mol. The summed E-state index contributed by atoms with van der Waals surface area (Å²) in [6, 6.07) is 0. The van der Waals surface area contributed by atoms with Crippen molar-refractivity contribution in [3.05, 3.63) is 0 Å². The van der Waals surface area contributed by atoms with E-state index in [-0.39, 0.29) is 25.4 Å². The molecule has 0 aliphatic carbocycles. The molecule has 4 unspecified atom stereocenters. The van der Waals surface area contributed by atoms with Gasteiger partial charge in [0.05, 0.1) is 25.4 Å². The van der Waals surface area contributed by atoms with E-state index in [0.29, 0.717) is 12.8 Å². The summed E-state index contributed by atoms with van der Waals surface area (Å²) in [4.78, 5) is 11.2. The van der Waals surface area contributed by atoms with E-state index in [1.807, 2.05) is 0 Å². The molecule has 7 heteroatoms. The second kappa shape index (κ2) is 32.9.